The second-order valence-corrected chi connectivity index (χ2v) is 12.5. The van der Waals surface area contributed by atoms with Gasteiger partial charge >= 0.3 is 0 Å². The molecule has 3 aromatic carbocycles. The monoisotopic (exact) mass is 600 g/mol. The van der Waals surface area contributed by atoms with Crippen LogP contribution >= 0.6 is 0 Å². The summed E-state index contributed by atoms with van der Waals surface area (Å²) in [6.45, 7) is 2.32. The number of phenolic OH excluding ortho intramolecular Hbond substituents is 1. The van der Waals surface area contributed by atoms with Gasteiger partial charge < -0.3 is 15.4 Å². The van der Waals surface area contributed by atoms with Crippen LogP contribution in [0.2, 0.25) is 0 Å². The van der Waals surface area contributed by atoms with Gasteiger partial charge in [0.25, 0.3) is 0 Å². The van der Waals surface area contributed by atoms with Crippen molar-refractivity contribution in [2.75, 3.05) is 11.4 Å². The summed E-state index contributed by atoms with van der Waals surface area (Å²) in [5, 5.41) is 14.2. The molecule has 0 spiro atoms. The van der Waals surface area contributed by atoms with Gasteiger partial charge in [0.05, 0.1) is 6.42 Å². The minimum Gasteiger partial charge on any atom is -0.508 e. The minimum atomic E-state index is -1.28. The van der Waals surface area contributed by atoms with Crippen molar-refractivity contribution in [3.63, 3.8) is 0 Å². The van der Waals surface area contributed by atoms with Gasteiger partial charge in [0.2, 0.25) is 11.8 Å². The Bertz CT molecular complexity index is 1740. The first-order valence-electron chi connectivity index (χ1n) is 15.8. The number of carbonyl (C=O) groups is 2. The van der Waals surface area contributed by atoms with Crippen LogP contribution in [0.3, 0.4) is 0 Å². The molecule has 1 aliphatic carbocycles. The van der Waals surface area contributed by atoms with Gasteiger partial charge in [0.1, 0.15) is 11.3 Å². The highest BCUT2D eigenvalue weighted by Gasteiger charge is 2.45. The summed E-state index contributed by atoms with van der Waals surface area (Å²) in [5.74, 6) is -0.280. The average molecular weight is 601 g/mol. The van der Waals surface area contributed by atoms with Gasteiger partial charge in [-0.05, 0) is 73.4 Å². The normalized spacial score (nSPS) is 15.7. The Morgan fingerprint density at radius 1 is 0.911 bits per heavy atom. The third-order valence-corrected chi connectivity index (χ3v) is 9.35. The molecule has 7 nitrogen and oxygen atoms in total. The van der Waals surface area contributed by atoms with Crippen LogP contribution in [0.4, 0.5) is 5.69 Å². The number of carbonyl (C=O) groups excluding carboxylic acids is 2. The van der Waals surface area contributed by atoms with E-state index in [-0.39, 0.29) is 29.4 Å². The van der Waals surface area contributed by atoms with Crippen molar-refractivity contribution in [1.82, 2.24) is 15.3 Å². The highest BCUT2D eigenvalue weighted by Crippen LogP contribution is 2.39. The van der Waals surface area contributed by atoms with E-state index in [4.69, 9.17) is 4.98 Å². The summed E-state index contributed by atoms with van der Waals surface area (Å²) >= 11 is 0. The number of amides is 2. The number of fused-ring (bicyclic) bond motifs is 1. The molecule has 2 aromatic heterocycles. The maximum Gasteiger partial charge on any atom is 0.246 e. The molecule has 0 unspecified atom stereocenters. The first kappa shape index (κ1) is 30.1. The van der Waals surface area contributed by atoms with Crippen LogP contribution in [0, 0.1) is 0 Å². The zero-order valence-corrected chi connectivity index (χ0v) is 25.7. The molecule has 230 valence electrons. The summed E-state index contributed by atoms with van der Waals surface area (Å²) in [4.78, 5) is 38.9. The minimum absolute atomic E-state index is 0.0732. The van der Waals surface area contributed by atoms with E-state index < -0.39 is 5.54 Å². The maximum atomic E-state index is 14.8. The lowest BCUT2D eigenvalue weighted by atomic mass is 9.71. The number of aromatic hydroxyl groups is 1. The van der Waals surface area contributed by atoms with Crippen molar-refractivity contribution >= 4 is 28.4 Å². The molecule has 1 fully saturated rings. The Morgan fingerprint density at radius 2 is 1.62 bits per heavy atom. The lowest BCUT2D eigenvalue weighted by molar-refractivity contribution is -0.130. The summed E-state index contributed by atoms with van der Waals surface area (Å²) in [6, 6.07) is 30.1. The smallest absolute Gasteiger partial charge is 0.246 e. The summed E-state index contributed by atoms with van der Waals surface area (Å²) in [7, 11) is 0. The Balaban J connectivity index is 1.40. The SMILES string of the molecule is C[C@](Cc1c[nH]c2ccccc12)(C(=O)NCC1(c2ccccn2)CCCCC1)N(C(=O)Cc1ccc(O)cc1)c1ccccc1. The topological polar surface area (TPSA) is 98.3 Å². The Kier molecular flexibility index (Phi) is 8.69. The van der Waals surface area contributed by atoms with Gasteiger partial charge in [0, 0.05) is 53.1 Å². The maximum absolute atomic E-state index is 14.8. The molecule has 0 saturated heterocycles. The van der Waals surface area contributed by atoms with E-state index in [0.29, 0.717) is 18.7 Å². The molecule has 0 radical (unpaired) electrons. The molecule has 2 heterocycles. The number of phenols is 1. The van der Waals surface area contributed by atoms with Crippen LogP contribution < -0.4 is 10.2 Å². The molecule has 1 aliphatic rings. The number of nitrogens with one attached hydrogen (secondary N) is 2. The largest absolute Gasteiger partial charge is 0.508 e. The van der Waals surface area contributed by atoms with Crippen LogP contribution in [0.5, 0.6) is 5.75 Å². The number of anilines is 1. The number of benzene rings is 3. The van der Waals surface area contributed by atoms with Crippen LogP contribution in [0.25, 0.3) is 10.9 Å². The van der Waals surface area contributed by atoms with Gasteiger partial charge in [-0.15, -0.1) is 0 Å². The molecule has 7 heteroatoms. The zero-order valence-electron chi connectivity index (χ0n) is 25.7. The van der Waals surface area contributed by atoms with Crippen molar-refractivity contribution < 1.29 is 14.7 Å². The first-order chi connectivity index (χ1) is 21.9. The standard InChI is InChI=1S/C38H40N4O3/c1-37(25-29-26-40-33-15-7-6-14-32(29)33,36(45)41-27-38(21-9-3-10-22-38)34-16-8-11-23-39-34)42(30-12-4-2-5-13-30)35(44)24-28-17-19-31(43)20-18-28/h2,4-8,11-20,23,26,40,43H,3,9-10,21-22,24-25,27H2,1H3,(H,41,45)/t37-/m0/s1. The van der Waals surface area contributed by atoms with Crippen LogP contribution in [0.1, 0.15) is 55.8 Å². The Hall–Kier alpha value is -4.91. The fourth-order valence-corrected chi connectivity index (χ4v) is 6.93. The van der Waals surface area contributed by atoms with E-state index in [1.165, 1.54) is 6.42 Å². The number of aromatic nitrogens is 2. The molecule has 0 bridgehead atoms. The number of H-pyrrole nitrogens is 1. The molecule has 1 saturated carbocycles. The summed E-state index contributed by atoms with van der Waals surface area (Å²) in [5.41, 5.74) is 2.81. The lowest BCUT2D eigenvalue weighted by Gasteiger charge is -2.42. The van der Waals surface area contributed by atoms with E-state index in [0.717, 1.165) is 53.4 Å². The van der Waals surface area contributed by atoms with Crippen molar-refractivity contribution in [3.8, 4) is 5.75 Å². The summed E-state index contributed by atoms with van der Waals surface area (Å²) < 4.78 is 0. The van der Waals surface area contributed by atoms with Crippen molar-refractivity contribution in [2.45, 2.75) is 62.8 Å². The third-order valence-electron chi connectivity index (χ3n) is 9.35. The summed E-state index contributed by atoms with van der Waals surface area (Å²) in [6.07, 6.45) is 9.39. The molecular formula is C38H40N4O3. The molecule has 6 rings (SSSR count). The quantitative estimate of drug-likeness (QED) is 0.163. The van der Waals surface area contributed by atoms with Gasteiger partial charge in [-0.3, -0.25) is 19.5 Å². The predicted octanol–water partition coefficient (Wildman–Crippen LogP) is 6.86. The molecule has 5 aromatic rings. The first-order valence-corrected chi connectivity index (χ1v) is 15.8. The van der Waals surface area contributed by atoms with Gasteiger partial charge in [-0.1, -0.05) is 73.9 Å². The number of aromatic amines is 1. The van der Waals surface area contributed by atoms with Crippen LogP contribution in [-0.4, -0.2) is 39.0 Å². The molecular weight excluding hydrogens is 560 g/mol. The molecule has 2 amide bonds. The fraction of sp³-hybridized carbons (Fsp3) is 0.289. The highest BCUT2D eigenvalue weighted by molar-refractivity contribution is 6.04. The highest BCUT2D eigenvalue weighted by atomic mass is 16.3. The number of pyridine rings is 1. The number of para-hydroxylation sites is 2. The van der Waals surface area contributed by atoms with E-state index in [9.17, 15) is 14.7 Å². The zero-order chi connectivity index (χ0) is 31.3. The van der Waals surface area contributed by atoms with Crippen LogP contribution in [-0.2, 0) is 27.8 Å². The van der Waals surface area contributed by atoms with E-state index in [2.05, 4.69) is 16.4 Å². The van der Waals surface area contributed by atoms with E-state index in [1.807, 2.05) is 86.0 Å². The van der Waals surface area contributed by atoms with Gasteiger partial charge in [0.15, 0.2) is 0 Å². The van der Waals surface area contributed by atoms with Crippen LogP contribution in [0.15, 0.2) is 109 Å². The fourth-order valence-electron chi connectivity index (χ4n) is 6.93. The van der Waals surface area contributed by atoms with Crippen molar-refractivity contribution in [1.29, 1.82) is 0 Å². The third kappa shape index (κ3) is 6.34. The predicted molar refractivity (Wildman–Crippen MR) is 178 cm³/mol. The number of rotatable bonds is 10. The Labute approximate surface area is 264 Å². The van der Waals surface area contributed by atoms with Crippen molar-refractivity contribution in [3.05, 3.63) is 126 Å². The molecule has 45 heavy (non-hydrogen) atoms. The molecule has 1 atom stereocenters. The molecule has 3 N–H and O–H groups in total. The van der Waals surface area contributed by atoms with E-state index >= 15 is 0 Å². The van der Waals surface area contributed by atoms with Gasteiger partial charge in [-0.25, -0.2) is 0 Å². The number of hydrogen-bond donors (Lipinski definition) is 3. The Morgan fingerprint density at radius 3 is 2.36 bits per heavy atom. The lowest BCUT2D eigenvalue weighted by Crippen LogP contribution is -2.62. The van der Waals surface area contributed by atoms with E-state index in [1.54, 1.807) is 29.2 Å². The second-order valence-electron chi connectivity index (χ2n) is 12.5. The average Bonchev–Trinajstić information content (AvgIpc) is 3.48. The number of nitrogens with zero attached hydrogens (tertiary/aromatic N) is 2. The van der Waals surface area contributed by atoms with Gasteiger partial charge in [-0.2, -0.15) is 0 Å². The number of hydrogen-bond acceptors (Lipinski definition) is 4. The van der Waals surface area contributed by atoms with Crippen molar-refractivity contribution in [2.24, 2.45) is 0 Å². The second kappa shape index (κ2) is 13.0. The molecule has 0 aliphatic heterocycles.